The minimum Gasteiger partial charge on any atom is -0.351 e. The molecule has 2 aliphatic carbocycles. The molecule has 2 saturated carbocycles. The lowest BCUT2D eigenvalue weighted by Crippen LogP contribution is -2.19. The molecule has 16 heavy (non-hydrogen) atoms. The molecule has 3 nitrogen and oxygen atoms in total. The topological polar surface area (TPSA) is 42.2 Å². The molecule has 0 aliphatic heterocycles. The number of aromatic nitrogens is 1. The average molecular weight is 237 g/mol. The van der Waals surface area contributed by atoms with Crippen LogP contribution in [-0.2, 0) is 6.54 Å². The number of hydrogen-bond donors (Lipinski definition) is 1. The fourth-order valence-electron chi connectivity index (χ4n) is 2.10. The van der Waals surface area contributed by atoms with Crippen molar-refractivity contribution in [3.63, 3.8) is 0 Å². The van der Waals surface area contributed by atoms with Crippen LogP contribution in [0.25, 0.3) is 0 Å². The third-order valence-electron chi connectivity index (χ3n) is 3.42. The maximum atomic E-state index is 5.80. The van der Waals surface area contributed by atoms with Crippen LogP contribution in [-0.4, -0.2) is 18.6 Å². The van der Waals surface area contributed by atoms with E-state index in [0.717, 1.165) is 11.8 Å². The Hall–Kier alpha value is -0.610. The fourth-order valence-corrected chi connectivity index (χ4v) is 3.10. The molecule has 0 aromatic carbocycles. The zero-order chi connectivity index (χ0) is 11.1. The molecule has 2 N–H and O–H groups in total. The van der Waals surface area contributed by atoms with E-state index in [2.05, 4.69) is 11.9 Å². The van der Waals surface area contributed by atoms with E-state index in [1.54, 1.807) is 11.3 Å². The fraction of sp³-hybridized carbons (Fsp3) is 0.750. The van der Waals surface area contributed by atoms with Gasteiger partial charge in [0.25, 0.3) is 0 Å². The first kappa shape index (κ1) is 10.5. The van der Waals surface area contributed by atoms with Crippen LogP contribution in [0.15, 0.2) is 0 Å². The van der Waals surface area contributed by atoms with Gasteiger partial charge in [-0.15, -0.1) is 11.3 Å². The van der Waals surface area contributed by atoms with Gasteiger partial charge in [-0.3, -0.25) is 0 Å². The second kappa shape index (κ2) is 4.00. The number of hydrogen-bond acceptors (Lipinski definition) is 4. The van der Waals surface area contributed by atoms with E-state index in [4.69, 9.17) is 10.7 Å². The van der Waals surface area contributed by atoms with Gasteiger partial charge in [0, 0.05) is 30.9 Å². The first-order valence-electron chi connectivity index (χ1n) is 6.18. The summed E-state index contributed by atoms with van der Waals surface area (Å²) >= 11 is 1.80. The highest BCUT2D eigenvalue weighted by Gasteiger charge is 2.30. The van der Waals surface area contributed by atoms with Crippen molar-refractivity contribution in [2.24, 2.45) is 11.7 Å². The Morgan fingerprint density at radius 2 is 2.12 bits per heavy atom. The molecule has 0 atom stereocenters. The smallest absolute Gasteiger partial charge is 0.185 e. The number of nitrogens with zero attached hydrogens (tertiary/aromatic N) is 2. The maximum absolute atomic E-state index is 5.80. The number of nitrogens with two attached hydrogens (primary N) is 1. The Kier molecular flexibility index (Phi) is 2.64. The van der Waals surface area contributed by atoms with Crippen molar-refractivity contribution in [3.05, 3.63) is 10.6 Å². The first-order valence-corrected chi connectivity index (χ1v) is 7.00. The van der Waals surface area contributed by atoms with E-state index in [-0.39, 0.29) is 0 Å². The molecule has 88 valence electrons. The van der Waals surface area contributed by atoms with Crippen LogP contribution in [0.1, 0.15) is 42.2 Å². The highest BCUT2D eigenvalue weighted by atomic mass is 32.1. The van der Waals surface area contributed by atoms with E-state index >= 15 is 0 Å². The lowest BCUT2D eigenvalue weighted by molar-refractivity contribution is 0.782. The van der Waals surface area contributed by atoms with Gasteiger partial charge in [0.05, 0.1) is 5.69 Å². The Labute approximate surface area is 101 Å². The van der Waals surface area contributed by atoms with E-state index in [1.807, 2.05) is 0 Å². The second-order valence-corrected chi connectivity index (χ2v) is 6.17. The molecule has 0 unspecified atom stereocenters. The van der Waals surface area contributed by atoms with Crippen molar-refractivity contribution in [2.75, 3.05) is 18.5 Å². The SMILES string of the molecule is CN(CC1CC1)c1nc(C2CC2)c(CN)s1. The van der Waals surface area contributed by atoms with Crippen molar-refractivity contribution < 1.29 is 0 Å². The molecule has 4 heteroatoms. The lowest BCUT2D eigenvalue weighted by Gasteiger charge is -2.14. The van der Waals surface area contributed by atoms with Gasteiger partial charge in [-0.2, -0.15) is 0 Å². The van der Waals surface area contributed by atoms with Gasteiger partial charge in [-0.1, -0.05) is 0 Å². The maximum Gasteiger partial charge on any atom is 0.185 e. The predicted molar refractivity (Wildman–Crippen MR) is 68.0 cm³/mol. The van der Waals surface area contributed by atoms with Crippen LogP contribution in [0.5, 0.6) is 0 Å². The molecule has 0 saturated heterocycles. The van der Waals surface area contributed by atoms with E-state index in [1.165, 1.54) is 47.9 Å². The first-order chi connectivity index (χ1) is 7.78. The second-order valence-electron chi connectivity index (χ2n) is 5.11. The van der Waals surface area contributed by atoms with Crippen molar-refractivity contribution in [1.29, 1.82) is 0 Å². The number of thiazole rings is 1. The molecule has 0 bridgehead atoms. The largest absolute Gasteiger partial charge is 0.351 e. The molecule has 1 aromatic heterocycles. The van der Waals surface area contributed by atoms with Crippen molar-refractivity contribution in [1.82, 2.24) is 4.98 Å². The third kappa shape index (κ3) is 2.09. The van der Waals surface area contributed by atoms with E-state index in [0.29, 0.717) is 6.54 Å². The van der Waals surface area contributed by atoms with Crippen LogP contribution in [0.2, 0.25) is 0 Å². The molecule has 1 heterocycles. The molecule has 0 amide bonds. The minimum atomic E-state index is 0.654. The summed E-state index contributed by atoms with van der Waals surface area (Å²) in [5.74, 6) is 1.64. The molecule has 0 radical (unpaired) electrons. The van der Waals surface area contributed by atoms with E-state index < -0.39 is 0 Å². The van der Waals surface area contributed by atoms with Crippen LogP contribution in [0.4, 0.5) is 5.13 Å². The Morgan fingerprint density at radius 1 is 1.38 bits per heavy atom. The normalized spacial score (nSPS) is 20.1. The van der Waals surface area contributed by atoms with Crippen molar-refractivity contribution >= 4 is 16.5 Å². The summed E-state index contributed by atoms with van der Waals surface area (Å²) in [6.07, 6.45) is 5.41. The third-order valence-corrected chi connectivity index (χ3v) is 4.63. The van der Waals surface area contributed by atoms with Gasteiger partial charge in [-0.05, 0) is 31.6 Å². The standard InChI is InChI=1S/C12H19N3S/c1-15(7-8-2-3-8)12-14-11(9-4-5-9)10(6-13)16-12/h8-9H,2-7,13H2,1H3. The van der Waals surface area contributed by atoms with Gasteiger partial charge in [0.1, 0.15) is 0 Å². The molecule has 0 spiro atoms. The van der Waals surface area contributed by atoms with Gasteiger partial charge in [0.15, 0.2) is 5.13 Å². The summed E-state index contributed by atoms with van der Waals surface area (Å²) in [6, 6.07) is 0. The Morgan fingerprint density at radius 3 is 2.69 bits per heavy atom. The van der Waals surface area contributed by atoms with Crippen molar-refractivity contribution in [2.45, 2.75) is 38.1 Å². The molecule has 1 aromatic rings. The van der Waals surface area contributed by atoms with Crippen LogP contribution in [0.3, 0.4) is 0 Å². The summed E-state index contributed by atoms with van der Waals surface area (Å²) in [6.45, 7) is 1.82. The monoisotopic (exact) mass is 237 g/mol. The zero-order valence-electron chi connectivity index (χ0n) is 9.78. The van der Waals surface area contributed by atoms with Gasteiger partial charge >= 0.3 is 0 Å². The van der Waals surface area contributed by atoms with Crippen LogP contribution in [0, 0.1) is 5.92 Å². The summed E-state index contributed by atoms with van der Waals surface area (Å²) in [5.41, 5.74) is 7.09. The quantitative estimate of drug-likeness (QED) is 0.854. The predicted octanol–water partition coefficient (Wildman–Crippen LogP) is 2.33. The average Bonchev–Trinajstić information content (AvgIpc) is 3.18. The highest BCUT2D eigenvalue weighted by molar-refractivity contribution is 7.15. The summed E-state index contributed by atoms with van der Waals surface area (Å²) < 4.78 is 0. The summed E-state index contributed by atoms with van der Waals surface area (Å²) in [7, 11) is 2.16. The Balaban J connectivity index is 1.77. The van der Waals surface area contributed by atoms with Crippen LogP contribution < -0.4 is 10.6 Å². The number of anilines is 1. The van der Waals surface area contributed by atoms with Crippen molar-refractivity contribution in [3.8, 4) is 0 Å². The molecule has 2 aliphatic rings. The highest BCUT2D eigenvalue weighted by Crippen LogP contribution is 2.44. The van der Waals surface area contributed by atoms with E-state index in [9.17, 15) is 0 Å². The van der Waals surface area contributed by atoms with Gasteiger partial charge in [-0.25, -0.2) is 4.98 Å². The molecule has 3 rings (SSSR count). The zero-order valence-corrected chi connectivity index (χ0v) is 10.6. The van der Waals surface area contributed by atoms with Gasteiger partial charge in [0.2, 0.25) is 0 Å². The molecular formula is C12H19N3S. The minimum absolute atomic E-state index is 0.654. The van der Waals surface area contributed by atoms with Crippen LogP contribution >= 0.6 is 11.3 Å². The number of rotatable bonds is 5. The molecular weight excluding hydrogens is 218 g/mol. The lowest BCUT2D eigenvalue weighted by atomic mass is 10.2. The molecule has 2 fully saturated rings. The Bertz CT molecular complexity index is 380. The summed E-state index contributed by atoms with van der Waals surface area (Å²) in [5, 5.41) is 1.18. The van der Waals surface area contributed by atoms with Gasteiger partial charge < -0.3 is 10.6 Å². The summed E-state index contributed by atoms with van der Waals surface area (Å²) in [4.78, 5) is 8.41.